The summed E-state index contributed by atoms with van der Waals surface area (Å²) < 4.78 is 18.0. The van der Waals surface area contributed by atoms with Crippen molar-refractivity contribution in [3.8, 4) is 11.5 Å². The minimum absolute atomic E-state index is 0.0892. The average Bonchev–Trinajstić information content (AvgIpc) is 2.81. The van der Waals surface area contributed by atoms with E-state index < -0.39 is 20.7 Å². The van der Waals surface area contributed by atoms with Crippen molar-refractivity contribution in [3.05, 3.63) is 88.4 Å². The van der Waals surface area contributed by atoms with Gasteiger partial charge >= 0.3 is 6.09 Å². The number of halogens is 1. The van der Waals surface area contributed by atoms with Gasteiger partial charge in [0.2, 0.25) is 9.04 Å². The number of amides is 1. The molecule has 0 fully saturated rings. The smallest absolute Gasteiger partial charge is 0.407 e. The number of alkyl carbamates (subject to hydrolysis) is 1. The lowest BCUT2D eigenvalue weighted by Crippen LogP contribution is -2.32. The minimum Gasteiger partial charge on any atom is -0.455 e. The van der Waals surface area contributed by atoms with E-state index in [1.54, 1.807) is 6.07 Å². The molecule has 0 spiro atoms. The summed E-state index contributed by atoms with van der Waals surface area (Å²) >= 11 is 6.39. The van der Waals surface area contributed by atoms with Crippen LogP contribution in [-0.4, -0.2) is 20.7 Å². The lowest BCUT2D eigenvalue weighted by molar-refractivity contribution is 0.0523. The van der Waals surface area contributed by atoms with Crippen molar-refractivity contribution >= 4 is 32.4 Å². The van der Waals surface area contributed by atoms with E-state index >= 15 is 0 Å². The summed E-state index contributed by atoms with van der Waals surface area (Å²) in [5.41, 5.74) is 3.60. The summed E-state index contributed by atoms with van der Waals surface area (Å²) in [6, 6.07) is 21.7. The first-order valence-corrected chi connectivity index (χ1v) is 15.9. The first kappa shape index (κ1) is 30.5. The Morgan fingerprint density at radius 3 is 2.23 bits per heavy atom. The van der Waals surface area contributed by atoms with Crippen LogP contribution in [0.4, 0.5) is 10.5 Å². The van der Waals surface area contributed by atoms with E-state index in [2.05, 4.69) is 63.4 Å². The Kier molecular flexibility index (Phi) is 10.1. The molecular formula is C31H40ClN2O4Si. The molecule has 1 amide bonds. The van der Waals surface area contributed by atoms with Crippen molar-refractivity contribution in [2.75, 3.05) is 5.06 Å². The Morgan fingerprint density at radius 2 is 1.62 bits per heavy atom. The number of anilines is 1. The third-order valence-corrected chi connectivity index (χ3v) is 6.41. The molecule has 1 radical (unpaired) electrons. The van der Waals surface area contributed by atoms with Crippen LogP contribution < -0.4 is 15.1 Å². The Labute approximate surface area is 239 Å². The summed E-state index contributed by atoms with van der Waals surface area (Å²) in [5, 5.41) is 5.23. The quantitative estimate of drug-likeness (QED) is 0.207. The second-order valence-corrected chi connectivity index (χ2v) is 14.1. The van der Waals surface area contributed by atoms with Gasteiger partial charge in [0.25, 0.3) is 0 Å². The number of benzene rings is 3. The predicted molar refractivity (Wildman–Crippen MR) is 161 cm³/mol. The highest BCUT2D eigenvalue weighted by molar-refractivity contribution is 6.48. The van der Waals surface area contributed by atoms with E-state index in [-0.39, 0.29) is 5.41 Å². The van der Waals surface area contributed by atoms with Crippen molar-refractivity contribution < 1.29 is 18.8 Å². The average molecular weight is 568 g/mol. The molecule has 0 atom stereocenters. The van der Waals surface area contributed by atoms with Gasteiger partial charge in [-0.15, -0.1) is 0 Å². The van der Waals surface area contributed by atoms with E-state index in [9.17, 15) is 4.79 Å². The molecule has 1 N–H and O–H groups in total. The molecule has 6 nitrogen and oxygen atoms in total. The molecule has 3 aromatic rings. The van der Waals surface area contributed by atoms with Crippen LogP contribution >= 0.6 is 11.6 Å². The number of hydrogen-bond donors (Lipinski definition) is 1. The topological polar surface area (TPSA) is 60.0 Å². The molecule has 39 heavy (non-hydrogen) atoms. The summed E-state index contributed by atoms with van der Waals surface area (Å²) in [6.07, 6.45) is -0.467. The first-order chi connectivity index (χ1) is 18.2. The molecule has 0 saturated heterocycles. The molecule has 0 bridgehead atoms. The van der Waals surface area contributed by atoms with Crippen molar-refractivity contribution in [1.29, 1.82) is 0 Å². The minimum atomic E-state index is -1.08. The fourth-order valence-electron chi connectivity index (χ4n) is 3.77. The number of carbonyl (C=O) groups excluding carboxylic acids is 1. The summed E-state index contributed by atoms with van der Waals surface area (Å²) in [6.45, 7) is 17.2. The molecule has 0 saturated carbocycles. The molecule has 209 valence electrons. The van der Waals surface area contributed by atoms with E-state index in [4.69, 9.17) is 25.6 Å². The van der Waals surface area contributed by atoms with Crippen LogP contribution in [0.25, 0.3) is 0 Å². The number of hydrogen-bond acceptors (Lipinski definition) is 5. The third kappa shape index (κ3) is 9.91. The largest absolute Gasteiger partial charge is 0.455 e. The highest BCUT2D eigenvalue weighted by Gasteiger charge is 2.19. The van der Waals surface area contributed by atoms with E-state index in [1.165, 1.54) is 5.56 Å². The van der Waals surface area contributed by atoms with Gasteiger partial charge in [-0.3, -0.25) is 5.06 Å². The lowest BCUT2D eigenvalue weighted by atomic mass is 9.87. The van der Waals surface area contributed by atoms with Gasteiger partial charge < -0.3 is 19.3 Å². The zero-order valence-electron chi connectivity index (χ0n) is 24.2. The van der Waals surface area contributed by atoms with Gasteiger partial charge in [-0.25, -0.2) is 4.79 Å². The summed E-state index contributed by atoms with van der Waals surface area (Å²) in [7, 11) is -1.08. The highest BCUT2D eigenvalue weighted by atomic mass is 35.5. The second-order valence-electron chi connectivity index (χ2n) is 11.7. The van der Waals surface area contributed by atoms with Gasteiger partial charge in [-0.1, -0.05) is 68.8 Å². The van der Waals surface area contributed by atoms with Crippen LogP contribution in [-0.2, 0) is 27.8 Å². The monoisotopic (exact) mass is 567 g/mol. The van der Waals surface area contributed by atoms with Crippen LogP contribution in [0, 0.1) is 0 Å². The third-order valence-electron chi connectivity index (χ3n) is 5.59. The Bertz CT molecular complexity index is 1250. The Morgan fingerprint density at radius 1 is 0.923 bits per heavy atom. The van der Waals surface area contributed by atoms with Crippen molar-refractivity contribution in [2.45, 2.75) is 78.7 Å². The fraction of sp³-hybridized carbons (Fsp3) is 0.387. The molecule has 0 unspecified atom stereocenters. The van der Waals surface area contributed by atoms with Crippen LogP contribution in [0.2, 0.25) is 18.1 Å². The molecule has 0 aliphatic heterocycles. The lowest BCUT2D eigenvalue weighted by Gasteiger charge is -2.28. The van der Waals surface area contributed by atoms with Gasteiger partial charge in [-0.05, 0) is 80.2 Å². The van der Waals surface area contributed by atoms with Gasteiger partial charge in [-0.2, -0.15) is 0 Å². The number of carbonyl (C=O) groups is 1. The molecule has 0 heterocycles. The molecule has 8 heteroatoms. The normalized spacial score (nSPS) is 11.8. The SMILES string of the molecule is C[Si](C)ON(Cc1ccc(C(C)(C)C)cc1)c1ccc(Cl)cc1Oc1cccc(CNC(=O)OC(C)(C)C)c1. The number of rotatable bonds is 9. The zero-order valence-corrected chi connectivity index (χ0v) is 26.0. The molecule has 0 aliphatic rings. The number of nitrogens with zero attached hydrogens (tertiary/aromatic N) is 1. The van der Waals surface area contributed by atoms with Gasteiger partial charge in [0, 0.05) is 17.6 Å². The van der Waals surface area contributed by atoms with Gasteiger partial charge in [0.1, 0.15) is 17.0 Å². The second kappa shape index (κ2) is 12.9. The summed E-state index contributed by atoms with van der Waals surface area (Å²) in [5.74, 6) is 1.20. The Balaban J connectivity index is 1.83. The van der Waals surface area contributed by atoms with E-state index in [1.807, 2.05) is 62.2 Å². The van der Waals surface area contributed by atoms with Crippen molar-refractivity contribution in [1.82, 2.24) is 5.32 Å². The Hall–Kier alpha value is -3.00. The van der Waals surface area contributed by atoms with E-state index in [0.717, 1.165) is 16.8 Å². The van der Waals surface area contributed by atoms with Crippen LogP contribution in [0.1, 0.15) is 58.2 Å². The maximum Gasteiger partial charge on any atom is 0.407 e. The van der Waals surface area contributed by atoms with Crippen molar-refractivity contribution in [2.24, 2.45) is 0 Å². The van der Waals surface area contributed by atoms with Crippen LogP contribution in [0.3, 0.4) is 0 Å². The molecule has 0 aromatic heterocycles. The maximum atomic E-state index is 12.1. The maximum absolute atomic E-state index is 12.1. The number of ether oxygens (including phenoxy) is 2. The number of nitrogens with one attached hydrogen (secondary N) is 1. The first-order valence-electron chi connectivity index (χ1n) is 13.1. The van der Waals surface area contributed by atoms with Crippen LogP contribution in [0.15, 0.2) is 66.7 Å². The molecule has 3 rings (SSSR count). The van der Waals surface area contributed by atoms with Crippen LogP contribution in [0.5, 0.6) is 11.5 Å². The highest BCUT2D eigenvalue weighted by Crippen LogP contribution is 2.36. The number of hydroxylamine groups is 1. The molecule has 3 aromatic carbocycles. The molecular weight excluding hydrogens is 528 g/mol. The predicted octanol–water partition coefficient (Wildman–Crippen LogP) is 8.64. The molecule has 0 aliphatic carbocycles. The van der Waals surface area contributed by atoms with Gasteiger partial charge in [0.05, 0.1) is 6.54 Å². The standard InChI is InChI=1S/C31H40ClN2O4Si/c1-30(2,3)24-14-12-22(13-15-24)21-34(38-39(7)8)27-17-16-25(32)19-28(27)36-26-11-9-10-23(18-26)20-33-29(35)37-31(4,5)6/h9-19H,20-21H2,1-8H3,(H,33,35). The van der Waals surface area contributed by atoms with Gasteiger partial charge in [0.15, 0.2) is 5.75 Å². The zero-order chi connectivity index (χ0) is 28.8. The fourth-order valence-corrected chi connectivity index (χ4v) is 4.54. The van der Waals surface area contributed by atoms with Crippen molar-refractivity contribution in [3.63, 3.8) is 0 Å². The van der Waals surface area contributed by atoms with E-state index in [0.29, 0.717) is 29.6 Å². The summed E-state index contributed by atoms with van der Waals surface area (Å²) in [4.78, 5) is 12.1.